The van der Waals surface area contributed by atoms with Gasteiger partial charge in [0.1, 0.15) is 0 Å². The Morgan fingerprint density at radius 3 is 1.14 bits per heavy atom. The molecule has 0 bridgehead atoms. The van der Waals surface area contributed by atoms with E-state index < -0.39 is 10.4 Å². The molecule has 0 aromatic carbocycles. The Morgan fingerprint density at radius 1 is 1.14 bits per heavy atom. The summed E-state index contributed by atoms with van der Waals surface area (Å²) in [5.74, 6) is 0. The molecule has 0 aliphatic carbocycles. The summed E-state index contributed by atoms with van der Waals surface area (Å²) >= 11 is 0. The minimum Gasteiger partial charge on any atom is -0.759 e. The van der Waals surface area contributed by atoms with E-state index in [1.807, 2.05) is 0 Å². The zero-order valence-corrected chi connectivity index (χ0v) is 7.11. The van der Waals surface area contributed by atoms with Gasteiger partial charge in [-0.15, -0.1) is 0 Å². The smallest absolute Gasteiger partial charge is 0.759 e. The van der Waals surface area contributed by atoms with E-state index in [9.17, 15) is 0 Å². The van der Waals surface area contributed by atoms with Gasteiger partial charge in [0.15, 0.2) is 0 Å². The van der Waals surface area contributed by atoms with Crippen molar-refractivity contribution < 1.29 is 37.0 Å². The van der Waals surface area contributed by atoms with Crippen LogP contribution in [0, 0.1) is 0 Å². The van der Waals surface area contributed by atoms with E-state index >= 15 is 0 Å². The first-order valence-electron chi connectivity index (χ1n) is 0.667. The largest absolute Gasteiger partial charge is 2.00 e. The molecule has 0 amide bonds. The van der Waals surface area contributed by atoms with Crippen molar-refractivity contribution in [1.29, 1.82) is 0 Å². The van der Waals surface area contributed by atoms with E-state index in [0.717, 1.165) is 0 Å². The second kappa shape index (κ2) is 4.71. The topological polar surface area (TPSA) is 80.3 Å². The van der Waals surface area contributed by atoms with E-state index in [4.69, 9.17) is 17.5 Å². The monoisotopic (exact) mass is 171 g/mol. The molecule has 0 aliphatic heterocycles. The molecule has 0 fully saturated rings. The SMILES string of the molecule is O=S(=O)([O-])[O-].[B].[Zn+2]. The first-order chi connectivity index (χ1) is 2.00. The van der Waals surface area contributed by atoms with Crippen LogP contribution < -0.4 is 0 Å². The van der Waals surface area contributed by atoms with Crippen molar-refractivity contribution in [2.75, 3.05) is 0 Å². The second-order valence-electron chi connectivity index (χ2n) is 0.408. The minimum atomic E-state index is -5.17. The van der Waals surface area contributed by atoms with Crippen LogP contribution in [0.2, 0.25) is 0 Å². The van der Waals surface area contributed by atoms with E-state index in [1.165, 1.54) is 0 Å². The molecular formula is BO4SZn. The fourth-order valence-electron chi connectivity index (χ4n) is 0. The molecule has 3 radical (unpaired) electrons. The van der Waals surface area contributed by atoms with Crippen molar-refractivity contribution in [3.63, 3.8) is 0 Å². The normalized spacial score (nSPS) is 8.29. The molecule has 7 heteroatoms. The average Bonchev–Trinajstić information content (AvgIpc) is 0.722. The molecule has 0 rings (SSSR count). The number of hydrogen-bond acceptors (Lipinski definition) is 4. The Balaban J connectivity index is -0.0000000800. The number of rotatable bonds is 0. The molecule has 0 N–H and O–H groups in total. The van der Waals surface area contributed by atoms with Gasteiger partial charge in [-0.25, -0.2) is 0 Å². The zero-order valence-electron chi connectivity index (χ0n) is 3.33. The molecule has 0 saturated heterocycles. The molecular weight excluding hydrogens is 172 g/mol. The standard InChI is InChI=1S/B.H2O4S.Zn/c;1-5(2,3)4;/h;(H2,1,2,3,4);/q;;+2/p-2. The maximum Gasteiger partial charge on any atom is 2.00 e. The van der Waals surface area contributed by atoms with Gasteiger partial charge >= 0.3 is 19.5 Å². The van der Waals surface area contributed by atoms with Gasteiger partial charge in [-0.1, -0.05) is 0 Å². The molecule has 0 unspecified atom stereocenters. The summed E-state index contributed by atoms with van der Waals surface area (Å²) in [6.45, 7) is 0. The third kappa shape index (κ3) is 437. The third-order valence-corrected chi connectivity index (χ3v) is 0. The third-order valence-electron chi connectivity index (χ3n) is 0. The second-order valence-corrected chi connectivity index (χ2v) is 1.22. The molecule has 0 aromatic rings. The summed E-state index contributed by atoms with van der Waals surface area (Å²) in [7, 11) is -5.17. The molecule has 0 atom stereocenters. The van der Waals surface area contributed by atoms with E-state index in [1.54, 1.807) is 0 Å². The van der Waals surface area contributed by atoms with Gasteiger partial charge in [0, 0.05) is 18.8 Å². The Kier molecular flexibility index (Phi) is 10.5. The molecule has 35 valence electrons. The van der Waals surface area contributed by atoms with Crippen LogP contribution in [0.15, 0.2) is 0 Å². The Hall–Kier alpha value is 0.558. The van der Waals surface area contributed by atoms with Gasteiger partial charge < -0.3 is 9.11 Å². The van der Waals surface area contributed by atoms with E-state index in [0.29, 0.717) is 0 Å². The predicted octanol–water partition coefficient (Wildman–Crippen LogP) is -1.72. The van der Waals surface area contributed by atoms with Crippen LogP contribution in [-0.4, -0.2) is 25.9 Å². The van der Waals surface area contributed by atoms with Crippen molar-refractivity contribution >= 4 is 18.8 Å². The molecule has 0 heterocycles. The Morgan fingerprint density at radius 2 is 1.14 bits per heavy atom. The van der Waals surface area contributed by atoms with Gasteiger partial charge in [0.25, 0.3) is 0 Å². The van der Waals surface area contributed by atoms with Gasteiger partial charge in [0.2, 0.25) is 0 Å². The van der Waals surface area contributed by atoms with Gasteiger partial charge in [-0.2, -0.15) is 0 Å². The quantitative estimate of drug-likeness (QED) is 0.247. The van der Waals surface area contributed by atoms with Crippen LogP contribution >= 0.6 is 0 Å². The number of hydrogen-bond donors (Lipinski definition) is 0. The van der Waals surface area contributed by atoms with Crippen LogP contribution in [0.3, 0.4) is 0 Å². The fourth-order valence-corrected chi connectivity index (χ4v) is 0. The summed E-state index contributed by atoms with van der Waals surface area (Å²) < 4.78 is 34.1. The summed E-state index contributed by atoms with van der Waals surface area (Å²) in [5, 5.41) is 0. The van der Waals surface area contributed by atoms with Crippen LogP contribution in [0.25, 0.3) is 0 Å². The van der Waals surface area contributed by atoms with Gasteiger partial charge in [0.05, 0.1) is 0 Å². The Bertz CT molecular complexity index is 94.9. The minimum absolute atomic E-state index is 0. The van der Waals surface area contributed by atoms with Gasteiger partial charge in [-0.05, 0) is 0 Å². The maximum atomic E-state index is 8.52. The van der Waals surface area contributed by atoms with Crippen molar-refractivity contribution in [1.82, 2.24) is 0 Å². The van der Waals surface area contributed by atoms with Crippen molar-refractivity contribution in [3.05, 3.63) is 0 Å². The molecule has 7 heavy (non-hydrogen) atoms. The summed E-state index contributed by atoms with van der Waals surface area (Å²) in [6.07, 6.45) is 0. The zero-order chi connectivity index (χ0) is 4.50. The van der Waals surface area contributed by atoms with E-state index in [2.05, 4.69) is 0 Å². The fraction of sp³-hybridized carbons (Fsp3) is 0. The molecule has 4 nitrogen and oxygen atoms in total. The van der Waals surface area contributed by atoms with Crippen LogP contribution in [0.5, 0.6) is 0 Å². The van der Waals surface area contributed by atoms with Crippen LogP contribution in [0.4, 0.5) is 0 Å². The van der Waals surface area contributed by atoms with E-state index in [-0.39, 0.29) is 27.9 Å². The Labute approximate surface area is 56.2 Å². The summed E-state index contributed by atoms with van der Waals surface area (Å²) in [4.78, 5) is 0. The van der Waals surface area contributed by atoms with Crippen LogP contribution in [-0.2, 0) is 29.9 Å². The van der Waals surface area contributed by atoms with Crippen LogP contribution in [0.1, 0.15) is 0 Å². The summed E-state index contributed by atoms with van der Waals surface area (Å²) in [6, 6.07) is 0. The average molecular weight is 172 g/mol. The van der Waals surface area contributed by atoms with Gasteiger partial charge in [-0.3, -0.25) is 8.42 Å². The molecule has 0 saturated carbocycles. The first-order valence-corrected chi connectivity index (χ1v) is 2.00. The molecule has 0 spiro atoms. The van der Waals surface area contributed by atoms with Crippen molar-refractivity contribution in [3.8, 4) is 0 Å². The first kappa shape index (κ1) is 15.6. The molecule has 0 aromatic heterocycles. The van der Waals surface area contributed by atoms with Crippen molar-refractivity contribution in [2.45, 2.75) is 0 Å². The molecule has 0 aliphatic rings. The predicted molar refractivity (Wildman–Crippen MR) is 16.2 cm³/mol. The summed E-state index contributed by atoms with van der Waals surface area (Å²) in [5.41, 5.74) is 0. The van der Waals surface area contributed by atoms with Crippen molar-refractivity contribution in [2.24, 2.45) is 0 Å². The maximum absolute atomic E-state index is 8.52.